The third kappa shape index (κ3) is 1.91. The summed E-state index contributed by atoms with van der Waals surface area (Å²) in [4.78, 5) is 1.19. The highest BCUT2D eigenvalue weighted by atomic mass is 32.1. The Balaban J connectivity index is 2.46. The van der Waals surface area contributed by atoms with Crippen LogP contribution in [0.1, 0.15) is 33.2 Å². The zero-order valence-electron chi connectivity index (χ0n) is 9.82. The Bertz CT molecular complexity index is 499. The summed E-state index contributed by atoms with van der Waals surface area (Å²) in [6.45, 7) is 6.19. The minimum Gasteiger partial charge on any atom is -0.384 e. The third-order valence-corrected chi connectivity index (χ3v) is 4.00. The number of rotatable bonds is 2. The van der Waals surface area contributed by atoms with Gasteiger partial charge in [0.05, 0.1) is 0 Å². The van der Waals surface area contributed by atoms with E-state index in [1.807, 2.05) is 30.5 Å². The third-order valence-electron chi connectivity index (χ3n) is 3.13. The molecule has 2 aromatic rings. The number of aliphatic hydroxyl groups excluding tert-OH is 1. The van der Waals surface area contributed by atoms with Crippen molar-refractivity contribution in [2.24, 2.45) is 0 Å². The van der Waals surface area contributed by atoms with E-state index in [2.05, 4.69) is 19.9 Å². The highest BCUT2D eigenvalue weighted by Gasteiger charge is 2.16. The van der Waals surface area contributed by atoms with Crippen LogP contribution in [0, 0.1) is 20.8 Å². The van der Waals surface area contributed by atoms with Crippen molar-refractivity contribution in [2.75, 3.05) is 0 Å². The van der Waals surface area contributed by atoms with Crippen molar-refractivity contribution in [3.63, 3.8) is 0 Å². The maximum atomic E-state index is 10.4. The molecular formula is C14H16OS. The average molecular weight is 232 g/mol. The normalized spacial score (nSPS) is 12.8. The summed E-state index contributed by atoms with van der Waals surface area (Å²) >= 11 is 1.68. The van der Waals surface area contributed by atoms with Gasteiger partial charge in [0.2, 0.25) is 0 Å². The van der Waals surface area contributed by atoms with Crippen molar-refractivity contribution in [1.29, 1.82) is 0 Å². The fraction of sp³-hybridized carbons (Fsp3) is 0.286. The summed E-state index contributed by atoms with van der Waals surface area (Å²) < 4.78 is 0. The molecule has 1 heterocycles. The fourth-order valence-electron chi connectivity index (χ4n) is 1.92. The van der Waals surface area contributed by atoms with E-state index in [1.165, 1.54) is 16.0 Å². The Hall–Kier alpha value is -1.12. The van der Waals surface area contributed by atoms with E-state index in [-0.39, 0.29) is 0 Å². The summed E-state index contributed by atoms with van der Waals surface area (Å²) in [5.74, 6) is 0. The number of benzene rings is 1. The molecule has 0 amide bonds. The Labute approximate surface area is 100 Å². The van der Waals surface area contributed by atoms with Crippen molar-refractivity contribution in [3.05, 3.63) is 56.8 Å². The summed E-state index contributed by atoms with van der Waals surface area (Å²) in [5.41, 5.74) is 4.45. The second kappa shape index (κ2) is 4.40. The standard InChI is InChI=1S/C14H16OS/c1-9-5-4-6-12(10(9)2)14(15)13-7-8-16-11(13)3/h4-8,14-15H,1-3H3. The summed E-state index contributed by atoms with van der Waals surface area (Å²) in [7, 11) is 0. The van der Waals surface area contributed by atoms with Crippen LogP contribution < -0.4 is 0 Å². The van der Waals surface area contributed by atoms with Crippen LogP contribution in [-0.2, 0) is 0 Å². The monoisotopic (exact) mass is 232 g/mol. The molecule has 1 aromatic carbocycles. The predicted molar refractivity (Wildman–Crippen MR) is 69.0 cm³/mol. The van der Waals surface area contributed by atoms with E-state index in [1.54, 1.807) is 11.3 Å². The first-order chi connectivity index (χ1) is 7.61. The van der Waals surface area contributed by atoms with Gasteiger partial charge in [-0.25, -0.2) is 0 Å². The van der Waals surface area contributed by atoms with Crippen molar-refractivity contribution in [2.45, 2.75) is 26.9 Å². The molecule has 0 bridgehead atoms. The van der Waals surface area contributed by atoms with Crippen LogP contribution in [-0.4, -0.2) is 5.11 Å². The van der Waals surface area contributed by atoms with E-state index in [9.17, 15) is 5.11 Å². The van der Waals surface area contributed by atoms with Crippen molar-refractivity contribution >= 4 is 11.3 Å². The van der Waals surface area contributed by atoms with Gasteiger partial charge in [0.15, 0.2) is 0 Å². The number of aliphatic hydroxyl groups is 1. The lowest BCUT2D eigenvalue weighted by Crippen LogP contribution is -2.03. The van der Waals surface area contributed by atoms with E-state index < -0.39 is 6.10 Å². The van der Waals surface area contributed by atoms with Crippen LogP contribution >= 0.6 is 11.3 Å². The van der Waals surface area contributed by atoms with Gasteiger partial charge in [0, 0.05) is 4.88 Å². The quantitative estimate of drug-likeness (QED) is 0.836. The number of hydrogen-bond acceptors (Lipinski definition) is 2. The number of aryl methyl sites for hydroxylation is 2. The van der Waals surface area contributed by atoms with E-state index in [0.29, 0.717) is 0 Å². The SMILES string of the molecule is Cc1cccc(C(O)c2ccsc2C)c1C. The van der Waals surface area contributed by atoms with Crippen LogP contribution in [0.5, 0.6) is 0 Å². The molecule has 1 unspecified atom stereocenters. The van der Waals surface area contributed by atoms with Crippen LogP contribution in [0.4, 0.5) is 0 Å². The molecule has 0 aliphatic carbocycles. The molecule has 2 rings (SSSR count). The molecular weight excluding hydrogens is 216 g/mol. The van der Waals surface area contributed by atoms with Gasteiger partial charge in [-0.15, -0.1) is 11.3 Å². The van der Waals surface area contributed by atoms with Gasteiger partial charge >= 0.3 is 0 Å². The van der Waals surface area contributed by atoms with Gasteiger partial charge in [0.1, 0.15) is 6.10 Å². The first kappa shape index (κ1) is 11.4. The smallest absolute Gasteiger partial charge is 0.105 e. The van der Waals surface area contributed by atoms with Crippen molar-refractivity contribution < 1.29 is 5.11 Å². The molecule has 0 aliphatic heterocycles. The zero-order valence-corrected chi connectivity index (χ0v) is 10.6. The van der Waals surface area contributed by atoms with E-state index >= 15 is 0 Å². The molecule has 1 N–H and O–H groups in total. The summed E-state index contributed by atoms with van der Waals surface area (Å²) in [6, 6.07) is 8.09. The Morgan fingerprint density at radius 1 is 1.06 bits per heavy atom. The van der Waals surface area contributed by atoms with Crippen LogP contribution in [0.25, 0.3) is 0 Å². The minimum atomic E-state index is -0.494. The Kier molecular flexibility index (Phi) is 3.13. The van der Waals surface area contributed by atoms with Crippen LogP contribution in [0.2, 0.25) is 0 Å². The van der Waals surface area contributed by atoms with Crippen LogP contribution in [0.15, 0.2) is 29.6 Å². The van der Waals surface area contributed by atoms with Crippen LogP contribution in [0.3, 0.4) is 0 Å². The van der Waals surface area contributed by atoms with Crippen molar-refractivity contribution in [3.8, 4) is 0 Å². The average Bonchev–Trinajstić information content (AvgIpc) is 2.68. The lowest BCUT2D eigenvalue weighted by molar-refractivity contribution is 0.219. The fourth-order valence-corrected chi connectivity index (χ4v) is 2.65. The molecule has 1 aromatic heterocycles. The maximum absolute atomic E-state index is 10.4. The van der Waals surface area contributed by atoms with Gasteiger partial charge in [0.25, 0.3) is 0 Å². The second-order valence-electron chi connectivity index (χ2n) is 4.12. The first-order valence-corrected chi connectivity index (χ1v) is 6.27. The van der Waals surface area contributed by atoms with Gasteiger partial charge in [-0.3, -0.25) is 0 Å². The zero-order chi connectivity index (χ0) is 11.7. The molecule has 0 saturated heterocycles. The molecule has 0 spiro atoms. The first-order valence-electron chi connectivity index (χ1n) is 5.39. The molecule has 1 nitrogen and oxygen atoms in total. The van der Waals surface area contributed by atoms with Gasteiger partial charge < -0.3 is 5.11 Å². The predicted octanol–water partition coefficient (Wildman–Crippen LogP) is 3.76. The van der Waals surface area contributed by atoms with Gasteiger partial charge in [-0.05, 0) is 54.5 Å². The molecule has 0 saturated carbocycles. The lowest BCUT2D eigenvalue weighted by Gasteiger charge is -2.15. The largest absolute Gasteiger partial charge is 0.384 e. The summed E-state index contributed by atoms with van der Waals surface area (Å²) in [6.07, 6.45) is -0.494. The minimum absolute atomic E-state index is 0.494. The highest BCUT2D eigenvalue weighted by molar-refractivity contribution is 7.10. The molecule has 16 heavy (non-hydrogen) atoms. The summed E-state index contributed by atoms with van der Waals surface area (Å²) in [5, 5.41) is 12.4. The van der Waals surface area contributed by atoms with Crippen molar-refractivity contribution in [1.82, 2.24) is 0 Å². The molecule has 0 fully saturated rings. The molecule has 1 atom stereocenters. The second-order valence-corrected chi connectivity index (χ2v) is 5.24. The highest BCUT2D eigenvalue weighted by Crippen LogP contribution is 2.30. The molecule has 0 radical (unpaired) electrons. The number of hydrogen-bond donors (Lipinski definition) is 1. The van der Waals surface area contributed by atoms with E-state index in [0.717, 1.165) is 11.1 Å². The molecule has 2 heteroatoms. The van der Waals surface area contributed by atoms with Gasteiger partial charge in [-0.1, -0.05) is 18.2 Å². The Morgan fingerprint density at radius 3 is 2.44 bits per heavy atom. The Morgan fingerprint density at radius 2 is 1.81 bits per heavy atom. The van der Waals surface area contributed by atoms with Gasteiger partial charge in [-0.2, -0.15) is 0 Å². The molecule has 84 valence electrons. The maximum Gasteiger partial charge on any atom is 0.105 e. The van der Waals surface area contributed by atoms with E-state index in [4.69, 9.17) is 0 Å². The lowest BCUT2D eigenvalue weighted by atomic mass is 9.95. The number of thiophene rings is 1. The molecule has 0 aliphatic rings. The topological polar surface area (TPSA) is 20.2 Å².